The maximum atomic E-state index is 12.6. The monoisotopic (exact) mass is 420 g/mol. The first kappa shape index (κ1) is 18.9. The maximum absolute atomic E-state index is 12.6. The molecule has 2 aromatic rings. The van der Waals surface area contributed by atoms with Gasteiger partial charge < -0.3 is 0 Å². The Hall–Kier alpha value is -1.40. The van der Waals surface area contributed by atoms with E-state index in [-0.39, 0.29) is 14.4 Å². The van der Waals surface area contributed by atoms with Crippen molar-refractivity contribution in [2.75, 3.05) is 4.31 Å². The third-order valence-corrected chi connectivity index (χ3v) is 5.02. The Morgan fingerprint density at radius 3 is 2.17 bits per heavy atom. The highest BCUT2D eigenvalue weighted by molar-refractivity contribution is 7.81. The van der Waals surface area contributed by atoms with Gasteiger partial charge in [0.15, 0.2) is 10.0 Å². The number of anilines is 2. The summed E-state index contributed by atoms with van der Waals surface area (Å²) in [5.41, 5.74) is -2.38. The van der Waals surface area contributed by atoms with Crippen LogP contribution < -0.4 is 4.31 Å². The molecular weight excluding hydrogens is 416 g/mol. The second-order valence-corrected chi connectivity index (χ2v) is 7.22. The molecule has 0 saturated heterocycles. The van der Waals surface area contributed by atoms with Crippen LogP contribution >= 0.6 is 34.5 Å². The van der Waals surface area contributed by atoms with Crippen LogP contribution in [0.4, 0.5) is 30.2 Å². The second kappa shape index (κ2) is 6.84. The van der Waals surface area contributed by atoms with Crippen molar-refractivity contribution in [1.82, 2.24) is 0 Å². The van der Waals surface area contributed by atoms with Crippen molar-refractivity contribution in [2.24, 2.45) is 0 Å². The molecule has 0 amide bonds. The zero-order valence-corrected chi connectivity index (χ0v) is 14.2. The quantitative estimate of drug-likeness (QED) is 0.415. The molecule has 0 aliphatic carbocycles. The number of benzene rings is 1. The molecule has 1 heterocycles. The lowest BCUT2D eigenvalue weighted by atomic mass is 10.2. The Morgan fingerprint density at radius 1 is 1.21 bits per heavy atom. The van der Waals surface area contributed by atoms with Crippen LogP contribution in [0.15, 0.2) is 24.3 Å². The van der Waals surface area contributed by atoms with E-state index in [4.69, 9.17) is 23.2 Å². The highest BCUT2D eigenvalue weighted by Gasteiger charge is 2.35. The summed E-state index contributed by atoms with van der Waals surface area (Å²) in [5, 5.41) is 11.1. The molecule has 24 heavy (non-hydrogen) atoms. The van der Waals surface area contributed by atoms with Crippen molar-refractivity contribution in [1.29, 1.82) is 0 Å². The molecule has 1 aromatic heterocycles. The highest BCUT2D eigenvalue weighted by atomic mass is 35.5. The van der Waals surface area contributed by atoms with Gasteiger partial charge in [0, 0.05) is 0 Å². The van der Waals surface area contributed by atoms with E-state index in [0.717, 1.165) is 12.1 Å². The van der Waals surface area contributed by atoms with Gasteiger partial charge in [-0.05, 0) is 24.3 Å². The Labute approximate surface area is 149 Å². The summed E-state index contributed by atoms with van der Waals surface area (Å²) in [6.07, 6.45) is -4.60. The zero-order valence-electron chi connectivity index (χ0n) is 11.1. The molecule has 6 nitrogen and oxygen atoms in total. The third kappa shape index (κ3) is 3.64. The summed E-state index contributed by atoms with van der Waals surface area (Å²) in [4.78, 5) is 10.2. The van der Waals surface area contributed by atoms with Crippen LogP contribution in [0.5, 0.6) is 0 Å². The molecular formula is C11H5Cl2F3N2O4S2. The predicted molar refractivity (Wildman–Crippen MR) is 85.3 cm³/mol. The molecule has 0 radical (unpaired) electrons. The van der Waals surface area contributed by atoms with E-state index in [9.17, 15) is 32.0 Å². The van der Waals surface area contributed by atoms with Crippen molar-refractivity contribution in [3.63, 3.8) is 0 Å². The summed E-state index contributed by atoms with van der Waals surface area (Å²) >= 11 is 9.30. The number of alkyl halides is 3. The average Bonchev–Trinajstić information content (AvgIpc) is 2.73. The molecule has 0 fully saturated rings. The van der Waals surface area contributed by atoms with Gasteiger partial charge in [0.05, 0.1) is 16.2 Å². The fraction of sp³-hybridized carbons (Fsp3) is 0.0909. The lowest BCUT2D eigenvalue weighted by Gasteiger charge is -2.19. The molecule has 2 rings (SSSR count). The smallest absolute Gasteiger partial charge is 0.289 e. The summed E-state index contributed by atoms with van der Waals surface area (Å²) in [5.74, 6) is 0. The zero-order chi connectivity index (χ0) is 18.2. The van der Waals surface area contributed by atoms with Gasteiger partial charge in [0.25, 0.3) is 11.3 Å². The van der Waals surface area contributed by atoms with Gasteiger partial charge in [-0.2, -0.15) is 13.2 Å². The molecule has 1 unspecified atom stereocenters. The lowest BCUT2D eigenvalue weighted by molar-refractivity contribution is -0.383. The van der Waals surface area contributed by atoms with Crippen LogP contribution in [0.1, 0.15) is 5.56 Å². The number of nitrogens with zero attached hydrogens (tertiary/aromatic N) is 2. The SMILES string of the molecule is O=[N+]([O-])c1c(Cl)sc(Cl)c1N(c1ccc(C(F)(F)F)cc1)S(=O)O. The number of halogens is 5. The fourth-order valence-corrected chi connectivity index (χ4v) is 4.15. The first-order valence-corrected chi connectivity index (χ1v) is 8.38. The van der Waals surface area contributed by atoms with Gasteiger partial charge >= 0.3 is 11.9 Å². The standard InChI is InChI=1S/C11H5Cl2F3N2O4S2/c12-9-7(8(18(19)20)10(13)23-9)17(24(21)22)6-3-1-5(2-4-6)11(14,15)16/h1-4H,(H,21,22). The topological polar surface area (TPSA) is 83.7 Å². The minimum Gasteiger partial charge on any atom is -0.289 e. The first-order valence-electron chi connectivity index (χ1n) is 5.74. The molecule has 0 saturated carbocycles. The van der Waals surface area contributed by atoms with E-state index in [1.807, 2.05) is 0 Å². The predicted octanol–water partition coefficient (Wildman–Crippen LogP) is 5.26. The van der Waals surface area contributed by atoms with Crippen molar-refractivity contribution >= 4 is 62.9 Å². The van der Waals surface area contributed by atoms with Crippen LogP contribution in [-0.2, 0) is 17.4 Å². The lowest BCUT2D eigenvalue weighted by Crippen LogP contribution is -2.20. The Kier molecular flexibility index (Phi) is 5.40. The maximum Gasteiger partial charge on any atom is 0.416 e. The minimum atomic E-state index is -4.60. The number of hydrogen-bond acceptors (Lipinski definition) is 4. The Balaban J connectivity index is 2.61. The van der Waals surface area contributed by atoms with Crippen LogP contribution in [-0.4, -0.2) is 13.7 Å². The van der Waals surface area contributed by atoms with Gasteiger partial charge in [-0.3, -0.25) is 14.7 Å². The average molecular weight is 421 g/mol. The normalized spacial score (nSPS) is 12.9. The summed E-state index contributed by atoms with van der Waals surface area (Å²) < 4.78 is 58.8. The first-order chi connectivity index (χ1) is 11.0. The van der Waals surface area contributed by atoms with Crippen LogP contribution in [0.3, 0.4) is 0 Å². The molecule has 1 aromatic carbocycles. The summed E-state index contributed by atoms with van der Waals surface area (Å²) in [6, 6.07) is 3.12. The molecule has 0 aliphatic rings. The third-order valence-electron chi connectivity index (χ3n) is 2.75. The van der Waals surface area contributed by atoms with Crippen molar-refractivity contribution in [3.8, 4) is 0 Å². The second-order valence-electron chi connectivity index (χ2n) is 4.17. The summed E-state index contributed by atoms with van der Waals surface area (Å²) in [6.45, 7) is 0. The highest BCUT2D eigenvalue weighted by Crippen LogP contribution is 2.50. The number of thiophene rings is 1. The van der Waals surface area contributed by atoms with E-state index in [2.05, 4.69) is 0 Å². The van der Waals surface area contributed by atoms with E-state index in [1.165, 1.54) is 0 Å². The van der Waals surface area contributed by atoms with E-state index in [1.54, 1.807) is 0 Å². The number of nitro groups is 1. The van der Waals surface area contributed by atoms with Gasteiger partial charge in [-0.1, -0.05) is 23.2 Å². The Morgan fingerprint density at radius 2 is 1.75 bits per heavy atom. The van der Waals surface area contributed by atoms with Crippen LogP contribution in [0, 0.1) is 10.1 Å². The summed E-state index contributed by atoms with van der Waals surface area (Å²) in [7, 11) is 0. The van der Waals surface area contributed by atoms with E-state index >= 15 is 0 Å². The van der Waals surface area contributed by atoms with Crippen molar-refractivity contribution in [2.45, 2.75) is 6.18 Å². The van der Waals surface area contributed by atoms with Gasteiger partial charge in [-0.15, -0.1) is 11.3 Å². The van der Waals surface area contributed by atoms with Gasteiger partial charge in [0.2, 0.25) is 0 Å². The molecule has 1 atom stereocenters. The largest absolute Gasteiger partial charge is 0.416 e. The molecule has 13 heteroatoms. The van der Waals surface area contributed by atoms with E-state index < -0.39 is 39.3 Å². The fourth-order valence-electron chi connectivity index (χ4n) is 1.78. The van der Waals surface area contributed by atoms with Crippen LogP contribution in [0.2, 0.25) is 8.67 Å². The number of hydrogen-bond donors (Lipinski definition) is 1. The number of rotatable bonds is 4. The van der Waals surface area contributed by atoms with Crippen molar-refractivity contribution < 1.29 is 26.9 Å². The molecule has 0 bridgehead atoms. The molecule has 0 spiro atoms. The van der Waals surface area contributed by atoms with Crippen molar-refractivity contribution in [3.05, 3.63) is 48.6 Å². The molecule has 1 N–H and O–H groups in total. The molecule has 0 aliphatic heterocycles. The van der Waals surface area contributed by atoms with Crippen LogP contribution in [0.25, 0.3) is 0 Å². The Bertz CT molecular complexity index is 811. The molecule has 130 valence electrons. The van der Waals surface area contributed by atoms with Gasteiger partial charge in [0.1, 0.15) is 4.34 Å². The van der Waals surface area contributed by atoms with Gasteiger partial charge in [-0.25, -0.2) is 8.51 Å². The van der Waals surface area contributed by atoms with E-state index in [0.29, 0.717) is 27.8 Å². The minimum absolute atomic E-state index is 0.205.